The molecule has 0 bridgehead atoms. The summed E-state index contributed by atoms with van der Waals surface area (Å²) in [7, 11) is 0. The smallest absolute Gasteiger partial charge is 0.253 e. The Hall–Kier alpha value is -1.84. The predicted octanol–water partition coefficient (Wildman–Crippen LogP) is 2.85. The first kappa shape index (κ1) is 11.9. The van der Waals surface area contributed by atoms with E-state index in [1.165, 1.54) is 12.8 Å². The van der Waals surface area contributed by atoms with Gasteiger partial charge >= 0.3 is 0 Å². The summed E-state index contributed by atoms with van der Waals surface area (Å²) in [6.45, 7) is 6.17. The van der Waals surface area contributed by atoms with E-state index in [0.717, 1.165) is 29.7 Å². The monoisotopic (exact) mass is 269 g/mol. The third-order valence-electron chi connectivity index (χ3n) is 4.67. The summed E-state index contributed by atoms with van der Waals surface area (Å²) in [5.74, 6) is 0.156. The van der Waals surface area contributed by atoms with Crippen LogP contribution in [0.1, 0.15) is 43.1 Å². The van der Waals surface area contributed by atoms with Crippen molar-refractivity contribution in [2.24, 2.45) is 5.41 Å². The normalized spacial score (nSPS) is 19.6. The largest absolute Gasteiger partial charge is 0.337 e. The van der Waals surface area contributed by atoms with Crippen LogP contribution < -0.4 is 0 Å². The Morgan fingerprint density at radius 2 is 2.05 bits per heavy atom. The van der Waals surface area contributed by atoms with Gasteiger partial charge in [-0.25, -0.2) is 4.98 Å². The van der Waals surface area contributed by atoms with E-state index in [1.807, 2.05) is 29.4 Å². The van der Waals surface area contributed by atoms with Gasteiger partial charge in [-0.3, -0.25) is 4.79 Å². The third-order valence-corrected chi connectivity index (χ3v) is 4.67. The molecule has 20 heavy (non-hydrogen) atoms. The molecule has 0 radical (unpaired) electrons. The molecular weight excluding hydrogens is 250 g/mol. The minimum atomic E-state index is 0.156. The molecule has 2 aromatic rings. The number of hydrogen-bond donors (Lipinski definition) is 0. The van der Waals surface area contributed by atoms with Gasteiger partial charge in [-0.2, -0.15) is 0 Å². The highest BCUT2D eigenvalue weighted by Gasteiger charge is 2.53. The van der Waals surface area contributed by atoms with Crippen molar-refractivity contribution in [2.75, 3.05) is 13.1 Å². The summed E-state index contributed by atoms with van der Waals surface area (Å²) in [4.78, 5) is 18.8. The fraction of sp³-hybridized carbons (Fsp3) is 0.500. The van der Waals surface area contributed by atoms with Crippen LogP contribution in [0.3, 0.4) is 0 Å². The highest BCUT2D eigenvalue weighted by Crippen LogP contribution is 2.53. The molecule has 4 heteroatoms. The summed E-state index contributed by atoms with van der Waals surface area (Å²) in [5.41, 5.74) is 3.28. The molecule has 1 aliphatic heterocycles. The van der Waals surface area contributed by atoms with Crippen LogP contribution in [-0.4, -0.2) is 33.4 Å². The average molecular weight is 269 g/mol. The summed E-state index contributed by atoms with van der Waals surface area (Å²) in [6.07, 6.45) is 4.45. The molecule has 0 atom stereocenters. The van der Waals surface area contributed by atoms with Crippen LogP contribution in [0.15, 0.2) is 24.5 Å². The summed E-state index contributed by atoms with van der Waals surface area (Å²) < 4.78 is 2.13. The van der Waals surface area contributed by atoms with Gasteiger partial charge in [-0.1, -0.05) is 0 Å². The van der Waals surface area contributed by atoms with Crippen LogP contribution in [0.2, 0.25) is 0 Å². The number of nitrogens with zero attached hydrogens (tertiary/aromatic N) is 3. The number of imidazole rings is 1. The topological polar surface area (TPSA) is 38.1 Å². The van der Waals surface area contributed by atoms with Crippen LogP contribution in [0, 0.1) is 5.41 Å². The number of carbonyl (C=O) groups is 1. The zero-order chi connectivity index (χ0) is 13.9. The minimum absolute atomic E-state index is 0.156. The Morgan fingerprint density at radius 3 is 2.70 bits per heavy atom. The molecule has 1 saturated heterocycles. The molecule has 1 aromatic carbocycles. The number of aromatic nitrogens is 2. The number of carbonyl (C=O) groups excluding carboxylic acids is 1. The zero-order valence-corrected chi connectivity index (χ0v) is 12.0. The zero-order valence-electron chi connectivity index (χ0n) is 12.0. The molecule has 2 fully saturated rings. The molecule has 4 nitrogen and oxygen atoms in total. The van der Waals surface area contributed by atoms with Crippen LogP contribution in [0.5, 0.6) is 0 Å². The van der Waals surface area contributed by atoms with E-state index in [1.54, 1.807) is 0 Å². The maximum atomic E-state index is 12.4. The number of rotatable bonds is 2. The van der Waals surface area contributed by atoms with Gasteiger partial charge in [0.25, 0.3) is 5.91 Å². The molecule has 4 rings (SSSR count). The Labute approximate surface area is 118 Å². The predicted molar refractivity (Wildman–Crippen MR) is 77.7 cm³/mol. The van der Waals surface area contributed by atoms with E-state index in [-0.39, 0.29) is 5.91 Å². The van der Waals surface area contributed by atoms with Gasteiger partial charge in [0.2, 0.25) is 0 Å². The number of fused-ring (bicyclic) bond motifs is 1. The van der Waals surface area contributed by atoms with Crippen molar-refractivity contribution in [1.29, 1.82) is 0 Å². The molecule has 2 heterocycles. The van der Waals surface area contributed by atoms with Gasteiger partial charge in [-0.05, 0) is 44.9 Å². The number of amides is 1. The lowest BCUT2D eigenvalue weighted by molar-refractivity contribution is 0.0443. The van der Waals surface area contributed by atoms with E-state index >= 15 is 0 Å². The van der Waals surface area contributed by atoms with Gasteiger partial charge in [0, 0.05) is 30.1 Å². The Balaban J connectivity index is 1.62. The molecule has 0 unspecified atom stereocenters. The fourth-order valence-electron chi connectivity index (χ4n) is 3.16. The van der Waals surface area contributed by atoms with Gasteiger partial charge in [0.05, 0.1) is 17.4 Å². The van der Waals surface area contributed by atoms with Crippen molar-refractivity contribution in [1.82, 2.24) is 14.5 Å². The van der Waals surface area contributed by atoms with Crippen LogP contribution in [0.4, 0.5) is 0 Å². The standard InChI is InChI=1S/C16H19N3O/c1-11(2)19-10-17-13-7-12(3-4-14(13)19)15(20)18-8-16(9-18)5-6-16/h3-4,7,10-11H,5-6,8-9H2,1-2H3. The maximum Gasteiger partial charge on any atom is 0.253 e. The first-order valence-electron chi connectivity index (χ1n) is 7.34. The molecule has 1 aromatic heterocycles. The maximum absolute atomic E-state index is 12.4. The second-order valence-electron chi connectivity index (χ2n) is 6.61. The van der Waals surface area contributed by atoms with E-state index in [2.05, 4.69) is 23.4 Å². The second kappa shape index (κ2) is 3.84. The van der Waals surface area contributed by atoms with E-state index in [4.69, 9.17) is 0 Å². The number of likely N-dealkylation sites (tertiary alicyclic amines) is 1. The average Bonchev–Trinajstić information content (AvgIpc) is 3.08. The summed E-state index contributed by atoms with van der Waals surface area (Å²) in [6, 6.07) is 6.26. The Morgan fingerprint density at radius 1 is 1.30 bits per heavy atom. The Bertz CT molecular complexity index is 689. The van der Waals surface area contributed by atoms with Crippen molar-refractivity contribution in [3.63, 3.8) is 0 Å². The molecule has 104 valence electrons. The van der Waals surface area contributed by atoms with Gasteiger partial charge in [-0.15, -0.1) is 0 Å². The lowest BCUT2D eigenvalue weighted by Crippen LogP contribution is -2.51. The highest BCUT2D eigenvalue weighted by molar-refractivity contribution is 5.98. The van der Waals surface area contributed by atoms with Gasteiger partial charge < -0.3 is 9.47 Å². The highest BCUT2D eigenvalue weighted by atomic mass is 16.2. The summed E-state index contributed by atoms with van der Waals surface area (Å²) in [5, 5.41) is 0. The van der Waals surface area contributed by atoms with Crippen LogP contribution >= 0.6 is 0 Å². The van der Waals surface area contributed by atoms with Crippen molar-refractivity contribution >= 4 is 16.9 Å². The molecule has 0 N–H and O–H groups in total. The van der Waals surface area contributed by atoms with Crippen molar-refractivity contribution < 1.29 is 4.79 Å². The molecule has 1 saturated carbocycles. The van der Waals surface area contributed by atoms with Crippen LogP contribution in [0.25, 0.3) is 11.0 Å². The molecule has 2 aliphatic rings. The lowest BCUT2D eigenvalue weighted by atomic mass is 9.96. The van der Waals surface area contributed by atoms with Gasteiger partial charge in [0.1, 0.15) is 0 Å². The van der Waals surface area contributed by atoms with E-state index in [9.17, 15) is 4.79 Å². The Kier molecular flexibility index (Phi) is 2.29. The molecule has 1 spiro atoms. The summed E-state index contributed by atoms with van der Waals surface area (Å²) >= 11 is 0. The van der Waals surface area contributed by atoms with E-state index in [0.29, 0.717) is 11.5 Å². The van der Waals surface area contributed by atoms with E-state index < -0.39 is 0 Å². The fourth-order valence-corrected chi connectivity index (χ4v) is 3.16. The molecular formula is C16H19N3O. The minimum Gasteiger partial charge on any atom is -0.337 e. The first-order valence-corrected chi connectivity index (χ1v) is 7.34. The second-order valence-corrected chi connectivity index (χ2v) is 6.61. The molecule has 1 amide bonds. The van der Waals surface area contributed by atoms with Crippen molar-refractivity contribution in [3.8, 4) is 0 Å². The number of hydrogen-bond acceptors (Lipinski definition) is 2. The van der Waals surface area contributed by atoms with Crippen LogP contribution in [-0.2, 0) is 0 Å². The van der Waals surface area contributed by atoms with Gasteiger partial charge in [0.15, 0.2) is 0 Å². The third kappa shape index (κ3) is 1.67. The van der Waals surface area contributed by atoms with Crippen molar-refractivity contribution in [2.45, 2.75) is 32.7 Å². The lowest BCUT2D eigenvalue weighted by Gasteiger charge is -2.40. The quantitative estimate of drug-likeness (QED) is 0.840. The number of benzene rings is 1. The SMILES string of the molecule is CC(C)n1cnc2cc(C(=O)N3CC4(CC4)C3)ccc21. The van der Waals surface area contributed by atoms with Crippen molar-refractivity contribution in [3.05, 3.63) is 30.1 Å². The first-order chi connectivity index (χ1) is 9.58. The molecule has 1 aliphatic carbocycles.